The van der Waals surface area contributed by atoms with Crippen molar-refractivity contribution in [3.8, 4) is 5.75 Å². The highest BCUT2D eigenvalue weighted by Crippen LogP contribution is 2.44. The van der Waals surface area contributed by atoms with Gasteiger partial charge in [-0.05, 0) is 30.7 Å². The average Bonchev–Trinajstić information content (AvgIpc) is 3.08. The highest BCUT2D eigenvalue weighted by atomic mass is 16.8. The van der Waals surface area contributed by atoms with Crippen LogP contribution >= 0.6 is 0 Å². The molecule has 1 aromatic rings. The second-order valence-corrected chi connectivity index (χ2v) is 12.4. The van der Waals surface area contributed by atoms with E-state index in [2.05, 4.69) is 0 Å². The van der Waals surface area contributed by atoms with Crippen molar-refractivity contribution in [3.63, 3.8) is 0 Å². The molecule has 4 rings (SSSR count). The van der Waals surface area contributed by atoms with E-state index in [0.29, 0.717) is 11.3 Å². The van der Waals surface area contributed by atoms with E-state index in [1.165, 1.54) is 39.2 Å². The second kappa shape index (κ2) is 18.6. The van der Waals surface area contributed by atoms with Gasteiger partial charge in [0.1, 0.15) is 18.5 Å². The Bertz CT molecular complexity index is 1630. The molecule has 0 N–H and O–H groups in total. The van der Waals surface area contributed by atoms with E-state index in [4.69, 9.17) is 52.1 Å². The topological polar surface area (TPSA) is 221 Å². The normalized spacial score (nSPS) is 28.9. The molecule has 2 saturated heterocycles. The summed E-state index contributed by atoms with van der Waals surface area (Å²) in [5.74, 6) is -6.34. The third-order valence-electron chi connectivity index (χ3n) is 8.29. The number of carbonyl (C=O) groups excluding carboxylic acids is 7. The molecule has 18 nitrogen and oxygen atoms in total. The maximum Gasteiger partial charge on any atom is 0.337 e. The van der Waals surface area contributed by atoms with E-state index in [-0.39, 0.29) is 12.0 Å². The van der Waals surface area contributed by atoms with Crippen LogP contribution in [0.3, 0.4) is 0 Å². The first-order valence-corrected chi connectivity index (χ1v) is 16.8. The van der Waals surface area contributed by atoms with E-state index < -0.39 is 110 Å². The second-order valence-electron chi connectivity index (χ2n) is 12.4. The van der Waals surface area contributed by atoms with Gasteiger partial charge in [-0.25, -0.2) is 9.59 Å². The molecule has 3 aliphatic rings. The van der Waals surface area contributed by atoms with Gasteiger partial charge < -0.3 is 52.1 Å². The van der Waals surface area contributed by atoms with Gasteiger partial charge in [0.15, 0.2) is 18.3 Å². The smallest absolute Gasteiger partial charge is 0.337 e. The third kappa shape index (κ3) is 11.1. The Kier molecular flexibility index (Phi) is 14.3. The first-order chi connectivity index (χ1) is 25.6. The molecule has 0 aromatic heterocycles. The van der Waals surface area contributed by atoms with Crippen LogP contribution in [0.25, 0.3) is 6.08 Å². The molecule has 0 unspecified atom stereocenters. The summed E-state index contributed by atoms with van der Waals surface area (Å²) in [4.78, 5) is 85.5. The van der Waals surface area contributed by atoms with Crippen LogP contribution in [0.2, 0.25) is 0 Å². The minimum absolute atomic E-state index is 0.0185. The molecular weight excluding hydrogens is 720 g/mol. The predicted molar refractivity (Wildman–Crippen MR) is 177 cm³/mol. The van der Waals surface area contributed by atoms with E-state index in [1.807, 2.05) is 0 Å². The number of carbonyl (C=O) groups is 7. The lowest BCUT2D eigenvalue weighted by molar-refractivity contribution is -0.354. The summed E-state index contributed by atoms with van der Waals surface area (Å²) < 4.78 is 61.4. The Morgan fingerprint density at radius 3 is 1.96 bits per heavy atom. The highest BCUT2D eigenvalue weighted by molar-refractivity contribution is 5.89. The fraction of sp³-hybridized carbons (Fsp3) is 0.528. The summed E-state index contributed by atoms with van der Waals surface area (Å²) in [6, 6.07) is 6.26. The van der Waals surface area contributed by atoms with Crippen LogP contribution in [0.1, 0.15) is 53.5 Å². The number of hydrogen-bond acceptors (Lipinski definition) is 18. The van der Waals surface area contributed by atoms with Crippen LogP contribution < -0.4 is 4.74 Å². The number of rotatable bonds is 12. The van der Waals surface area contributed by atoms with E-state index in [1.54, 1.807) is 19.1 Å². The van der Waals surface area contributed by atoms with Crippen molar-refractivity contribution in [2.75, 3.05) is 13.7 Å². The van der Waals surface area contributed by atoms with Crippen molar-refractivity contribution < 1.29 is 85.7 Å². The molecule has 54 heavy (non-hydrogen) atoms. The molecule has 3 heterocycles. The monoisotopic (exact) mass is 762 g/mol. The number of benzene rings is 1. The molecule has 1 aromatic carbocycles. The third-order valence-corrected chi connectivity index (χ3v) is 8.29. The van der Waals surface area contributed by atoms with Gasteiger partial charge in [0.05, 0.1) is 31.0 Å². The summed E-state index contributed by atoms with van der Waals surface area (Å²) >= 11 is 0. The lowest BCUT2D eigenvalue weighted by Gasteiger charge is -2.48. The van der Waals surface area contributed by atoms with Gasteiger partial charge in [-0.15, -0.1) is 0 Å². The molecule has 0 spiro atoms. The average molecular weight is 763 g/mol. The zero-order valence-corrected chi connectivity index (χ0v) is 30.6. The van der Waals surface area contributed by atoms with Crippen molar-refractivity contribution in [3.05, 3.63) is 47.7 Å². The molecule has 0 saturated carbocycles. The molecule has 18 heteroatoms. The summed E-state index contributed by atoms with van der Waals surface area (Å²) in [6.45, 7) is 6.78. The van der Waals surface area contributed by atoms with Crippen molar-refractivity contribution in [2.45, 2.75) is 97.4 Å². The van der Waals surface area contributed by atoms with Crippen LogP contribution in [0, 0.1) is 11.8 Å². The number of methoxy groups -OCH3 is 1. The minimum atomic E-state index is -1.63. The molecule has 294 valence electrons. The van der Waals surface area contributed by atoms with Crippen molar-refractivity contribution in [1.82, 2.24) is 0 Å². The number of hydrogen-bond donors (Lipinski definition) is 0. The summed E-state index contributed by atoms with van der Waals surface area (Å²) in [5.41, 5.74) is 0.680. The maximum atomic E-state index is 12.8. The molecule has 3 aliphatic heterocycles. The van der Waals surface area contributed by atoms with E-state index in [9.17, 15) is 33.6 Å². The van der Waals surface area contributed by atoms with Gasteiger partial charge >= 0.3 is 41.8 Å². The van der Waals surface area contributed by atoms with Crippen LogP contribution in [0.4, 0.5) is 0 Å². The van der Waals surface area contributed by atoms with E-state index in [0.717, 1.165) is 33.1 Å². The molecule has 0 radical (unpaired) electrons. The SMILES string of the molecule is COC(=O)C1=CO[C@@H](O[C@@H]2O[C@H](COC(=O)/C=C/c3ccc(OC(C)=O)cc3)[C@@H](OC(C)=O)[C@H](OC(C)=O)[C@H]2OC(C)=O)[C@@H]2[C@H](C)O[C@H](OC(C)=O)C[C@H]12. The number of ether oxygens (including phenoxy) is 11. The minimum Gasteiger partial charge on any atom is -0.471 e. The Morgan fingerprint density at radius 2 is 1.37 bits per heavy atom. The summed E-state index contributed by atoms with van der Waals surface area (Å²) in [6.07, 6.45) is -6.98. The van der Waals surface area contributed by atoms with Gasteiger partial charge in [-0.3, -0.25) is 24.0 Å². The number of esters is 7. The maximum absolute atomic E-state index is 12.8. The molecule has 0 bridgehead atoms. The van der Waals surface area contributed by atoms with Crippen LogP contribution in [-0.4, -0.2) is 105 Å². The highest BCUT2D eigenvalue weighted by Gasteiger charge is 2.56. The molecular formula is C36H42O18. The molecule has 0 amide bonds. The molecule has 10 atom stereocenters. The Balaban J connectivity index is 1.62. The van der Waals surface area contributed by atoms with E-state index >= 15 is 0 Å². The summed E-state index contributed by atoms with van der Waals surface area (Å²) in [7, 11) is 1.19. The van der Waals surface area contributed by atoms with Gasteiger partial charge in [-0.2, -0.15) is 0 Å². The van der Waals surface area contributed by atoms with Gasteiger partial charge in [0.2, 0.25) is 18.9 Å². The zero-order chi connectivity index (χ0) is 39.7. The Morgan fingerprint density at radius 1 is 0.759 bits per heavy atom. The van der Waals surface area contributed by atoms with Gasteiger partial charge in [0.25, 0.3) is 0 Å². The van der Waals surface area contributed by atoms with Crippen molar-refractivity contribution >= 4 is 47.9 Å². The summed E-state index contributed by atoms with van der Waals surface area (Å²) in [5, 5.41) is 0. The largest absolute Gasteiger partial charge is 0.471 e. The predicted octanol–water partition coefficient (Wildman–Crippen LogP) is 2.05. The zero-order valence-electron chi connectivity index (χ0n) is 30.6. The fourth-order valence-electron chi connectivity index (χ4n) is 6.26. The Hall–Kier alpha value is -5.33. The van der Waals surface area contributed by atoms with Crippen molar-refractivity contribution in [2.24, 2.45) is 11.8 Å². The Labute approximate surface area is 309 Å². The van der Waals surface area contributed by atoms with Gasteiger partial charge in [-0.1, -0.05) is 12.1 Å². The quantitative estimate of drug-likeness (QED) is 0.129. The molecule has 0 aliphatic carbocycles. The first-order valence-electron chi connectivity index (χ1n) is 16.8. The molecule has 2 fully saturated rings. The van der Waals surface area contributed by atoms with Gasteiger partial charge in [0, 0.05) is 53.0 Å². The lowest BCUT2D eigenvalue weighted by atomic mass is 9.77. The lowest BCUT2D eigenvalue weighted by Crippen LogP contribution is -2.64. The van der Waals surface area contributed by atoms with Crippen molar-refractivity contribution in [1.29, 1.82) is 0 Å². The van der Waals surface area contributed by atoms with Crippen LogP contribution in [-0.2, 0) is 80.9 Å². The van der Waals surface area contributed by atoms with Crippen LogP contribution in [0.5, 0.6) is 5.75 Å². The fourth-order valence-corrected chi connectivity index (χ4v) is 6.26. The number of fused-ring (bicyclic) bond motifs is 1. The first kappa shape index (κ1) is 41.4. The standard InChI is InChI=1S/C36H42O18/c1-17-30-25(14-29(47-17)49-19(3)38)26(34(43)44-7)15-46-35(30)54-36-33(52-22(6)41)32(51-21(5)40)31(50-20(4)39)27(53-36)16-45-28(42)13-10-23-8-11-24(12-9-23)48-18(2)37/h8-13,15,17,25,27,29-33,35-36H,14,16H2,1-7H3/b13-10+/t17-,25+,27+,29+,30+,31+,32-,33+,35-,36-/m0/s1. The van der Waals surface area contributed by atoms with Crippen LogP contribution in [0.15, 0.2) is 42.2 Å².